The van der Waals surface area contributed by atoms with Gasteiger partial charge < -0.3 is 9.64 Å². The van der Waals surface area contributed by atoms with Crippen molar-refractivity contribution in [3.05, 3.63) is 16.3 Å². The molecule has 2 aliphatic heterocycles. The zero-order chi connectivity index (χ0) is 15.7. The lowest BCUT2D eigenvalue weighted by Crippen LogP contribution is -2.44. The number of nitrogens with zero attached hydrogens (tertiary/aromatic N) is 2. The second-order valence-electron chi connectivity index (χ2n) is 5.66. The van der Waals surface area contributed by atoms with Gasteiger partial charge in [-0.05, 0) is 31.2 Å². The summed E-state index contributed by atoms with van der Waals surface area (Å²) in [6.45, 7) is 4.49. The van der Waals surface area contributed by atoms with Crippen LogP contribution in [-0.2, 0) is 14.8 Å². The highest BCUT2D eigenvalue weighted by molar-refractivity contribution is 7.89. The Bertz CT molecular complexity index is 650. The van der Waals surface area contributed by atoms with E-state index in [9.17, 15) is 13.2 Å². The fourth-order valence-corrected chi connectivity index (χ4v) is 5.75. The summed E-state index contributed by atoms with van der Waals surface area (Å²) in [5.41, 5.74) is 0. The minimum Gasteiger partial charge on any atom is -0.375 e. The number of hydrogen-bond acceptors (Lipinski definition) is 5. The minimum absolute atomic E-state index is 0.0173. The number of sulfonamides is 1. The lowest BCUT2D eigenvalue weighted by molar-refractivity contribution is -0.0123. The first-order chi connectivity index (χ1) is 10.5. The maximum atomic E-state index is 12.7. The van der Waals surface area contributed by atoms with E-state index in [4.69, 9.17) is 4.74 Å². The second-order valence-corrected chi connectivity index (χ2v) is 8.48. The molecule has 0 saturated carbocycles. The number of rotatable bonds is 3. The molecule has 2 fully saturated rings. The summed E-state index contributed by atoms with van der Waals surface area (Å²) in [5.74, 6) is -0.206. The summed E-state index contributed by atoms with van der Waals surface area (Å²) in [5, 5.41) is 1.68. The van der Waals surface area contributed by atoms with E-state index in [0.717, 1.165) is 12.8 Å². The van der Waals surface area contributed by atoms with Crippen LogP contribution in [0.2, 0.25) is 0 Å². The van der Waals surface area contributed by atoms with Crippen molar-refractivity contribution in [2.45, 2.75) is 30.8 Å². The van der Waals surface area contributed by atoms with E-state index >= 15 is 0 Å². The highest BCUT2D eigenvalue weighted by Crippen LogP contribution is 2.29. The van der Waals surface area contributed by atoms with Crippen LogP contribution in [-0.4, -0.2) is 62.4 Å². The minimum atomic E-state index is -3.56. The van der Waals surface area contributed by atoms with Crippen LogP contribution in [0.5, 0.6) is 0 Å². The van der Waals surface area contributed by atoms with Crippen LogP contribution in [0.15, 0.2) is 16.3 Å². The topological polar surface area (TPSA) is 66.9 Å². The van der Waals surface area contributed by atoms with E-state index in [0.29, 0.717) is 37.7 Å². The number of amides is 1. The van der Waals surface area contributed by atoms with E-state index < -0.39 is 10.0 Å². The molecule has 8 heteroatoms. The van der Waals surface area contributed by atoms with Gasteiger partial charge in [-0.1, -0.05) is 0 Å². The summed E-state index contributed by atoms with van der Waals surface area (Å²) in [4.78, 5) is 14.8. The van der Waals surface area contributed by atoms with E-state index in [1.165, 1.54) is 15.6 Å². The molecule has 0 spiro atoms. The molecule has 1 atom stereocenters. The maximum absolute atomic E-state index is 12.7. The Hall–Kier alpha value is -0.960. The average molecular weight is 344 g/mol. The molecule has 3 heterocycles. The molecule has 0 N–H and O–H groups in total. The molecule has 22 heavy (non-hydrogen) atoms. The van der Waals surface area contributed by atoms with Gasteiger partial charge in [0.05, 0.1) is 12.7 Å². The first-order valence-corrected chi connectivity index (χ1v) is 9.80. The molecule has 0 radical (unpaired) electrons. The Morgan fingerprint density at radius 1 is 1.32 bits per heavy atom. The SMILES string of the molecule is C[C@@H]1CN(C(=O)c2sccc2S(=O)(=O)N2CCCC2)CCO1. The summed E-state index contributed by atoms with van der Waals surface area (Å²) >= 11 is 1.20. The number of hydrogen-bond donors (Lipinski definition) is 0. The fraction of sp³-hybridized carbons (Fsp3) is 0.643. The highest BCUT2D eigenvalue weighted by Gasteiger charge is 2.34. The molecule has 3 rings (SSSR count). The van der Waals surface area contributed by atoms with Gasteiger partial charge in [0.1, 0.15) is 9.77 Å². The number of morpholine rings is 1. The van der Waals surface area contributed by atoms with Crippen LogP contribution in [0.3, 0.4) is 0 Å². The third-order valence-electron chi connectivity index (χ3n) is 4.03. The lowest BCUT2D eigenvalue weighted by Gasteiger charge is -2.31. The molecule has 2 aliphatic rings. The highest BCUT2D eigenvalue weighted by atomic mass is 32.2. The van der Waals surface area contributed by atoms with Gasteiger partial charge in [0.2, 0.25) is 10.0 Å². The van der Waals surface area contributed by atoms with Gasteiger partial charge in [-0.15, -0.1) is 11.3 Å². The lowest BCUT2D eigenvalue weighted by atomic mass is 10.3. The quantitative estimate of drug-likeness (QED) is 0.831. The van der Waals surface area contributed by atoms with Crippen LogP contribution in [0.4, 0.5) is 0 Å². The smallest absolute Gasteiger partial charge is 0.265 e. The molecule has 0 unspecified atom stereocenters. The fourth-order valence-electron chi connectivity index (χ4n) is 2.87. The predicted octanol–water partition coefficient (Wildman–Crippen LogP) is 1.39. The van der Waals surface area contributed by atoms with Gasteiger partial charge in [-0.25, -0.2) is 8.42 Å². The van der Waals surface area contributed by atoms with Crippen LogP contribution >= 0.6 is 11.3 Å². The molecule has 1 aromatic heterocycles. The van der Waals surface area contributed by atoms with Gasteiger partial charge >= 0.3 is 0 Å². The normalized spacial score (nSPS) is 23.9. The molecule has 1 amide bonds. The largest absolute Gasteiger partial charge is 0.375 e. The summed E-state index contributed by atoms with van der Waals surface area (Å²) in [6.07, 6.45) is 1.75. The van der Waals surface area contributed by atoms with Gasteiger partial charge in [-0.3, -0.25) is 4.79 Å². The third kappa shape index (κ3) is 2.92. The second kappa shape index (κ2) is 6.27. The molecule has 0 bridgehead atoms. The Morgan fingerprint density at radius 2 is 2.05 bits per heavy atom. The van der Waals surface area contributed by atoms with Crippen molar-refractivity contribution in [1.29, 1.82) is 0 Å². The van der Waals surface area contributed by atoms with Crippen molar-refractivity contribution < 1.29 is 17.9 Å². The van der Waals surface area contributed by atoms with E-state index in [1.54, 1.807) is 16.3 Å². The summed E-state index contributed by atoms with van der Waals surface area (Å²) in [7, 11) is -3.56. The van der Waals surface area contributed by atoms with Crippen LogP contribution in [0.25, 0.3) is 0 Å². The number of carbonyl (C=O) groups excluding carboxylic acids is 1. The molecular formula is C14H20N2O4S2. The molecule has 6 nitrogen and oxygen atoms in total. The van der Waals surface area contributed by atoms with Gasteiger partial charge in [0, 0.05) is 26.2 Å². The summed E-state index contributed by atoms with van der Waals surface area (Å²) < 4.78 is 32.3. The zero-order valence-electron chi connectivity index (χ0n) is 12.5. The van der Waals surface area contributed by atoms with Gasteiger partial charge in [0.15, 0.2) is 0 Å². The van der Waals surface area contributed by atoms with Crippen LogP contribution in [0.1, 0.15) is 29.4 Å². The number of ether oxygens (including phenoxy) is 1. The van der Waals surface area contributed by atoms with Crippen molar-refractivity contribution in [3.8, 4) is 0 Å². The molecule has 122 valence electrons. The zero-order valence-corrected chi connectivity index (χ0v) is 14.2. The standard InChI is InChI=1S/C14H20N2O4S2/c1-11-10-15(7-8-20-11)14(17)13-12(4-9-21-13)22(18,19)16-5-2-3-6-16/h4,9,11H,2-3,5-8,10H2,1H3/t11-/m1/s1. The van der Waals surface area contributed by atoms with Crippen molar-refractivity contribution in [2.24, 2.45) is 0 Å². The van der Waals surface area contributed by atoms with Crippen LogP contribution < -0.4 is 0 Å². The Balaban J connectivity index is 1.87. The number of thiophene rings is 1. The molecule has 0 aliphatic carbocycles. The van der Waals surface area contributed by atoms with Crippen molar-refractivity contribution in [2.75, 3.05) is 32.8 Å². The van der Waals surface area contributed by atoms with Crippen LogP contribution in [0, 0.1) is 0 Å². The Kier molecular flexibility index (Phi) is 4.54. The Labute approximate surface area is 134 Å². The Morgan fingerprint density at radius 3 is 2.73 bits per heavy atom. The predicted molar refractivity (Wildman–Crippen MR) is 83.6 cm³/mol. The molecule has 0 aromatic carbocycles. The van der Waals surface area contributed by atoms with Crippen molar-refractivity contribution in [3.63, 3.8) is 0 Å². The average Bonchev–Trinajstić information content (AvgIpc) is 3.18. The third-order valence-corrected chi connectivity index (χ3v) is 7.01. The molecule has 2 saturated heterocycles. The van der Waals surface area contributed by atoms with Gasteiger partial charge in [0.25, 0.3) is 5.91 Å². The van der Waals surface area contributed by atoms with Crippen molar-refractivity contribution >= 4 is 27.3 Å². The molecular weight excluding hydrogens is 324 g/mol. The van der Waals surface area contributed by atoms with E-state index in [-0.39, 0.29) is 16.9 Å². The van der Waals surface area contributed by atoms with E-state index in [1.807, 2.05) is 6.92 Å². The van der Waals surface area contributed by atoms with E-state index in [2.05, 4.69) is 0 Å². The van der Waals surface area contributed by atoms with Crippen molar-refractivity contribution in [1.82, 2.24) is 9.21 Å². The molecule has 1 aromatic rings. The summed E-state index contributed by atoms with van der Waals surface area (Å²) in [6, 6.07) is 1.55. The first-order valence-electron chi connectivity index (χ1n) is 7.48. The first kappa shape index (κ1) is 15.9. The maximum Gasteiger partial charge on any atom is 0.265 e. The number of carbonyl (C=O) groups is 1. The monoisotopic (exact) mass is 344 g/mol. The van der Waals surface area contributed by atoms with Gasteiger partial charge in [-0.2, -0.15) is 4.31 Å².